The van der Waals surface area contributed by atoms with Crippen LogP contribution >= 0.6 is 0 Å². The van der Waals surface area contributed by atoms with Gasteiger partial charge < -0.3 is 15.3 Å². The molecule has 0 atom stereocenters. The number of nitrogens with one attached hydrogen (secondary N) is 1. The summed E-state index contributed by atoms with van der Waals surface area (Å²) in [5.41, 5.74) is 0. The van der Waals surface area contributed by atoms with Crippen LogP contribution in [0.3, 0.4) is 0 Å². The summed E-state index contributed by atoms with van der Waals surface area (Å²) in [6.45, 7) is 1.82. The fourth-order valence-corrected chi connectivity index (χ4v) is 1.53. The van der Waals surface area contributed by atoms with Crippen molar-refractivity contribution in [3.63, 3.8) is 0 Å². The lowest BCUT2D eigenvalue weighted by atomic mass is 10.1. The van der Waals surface area contributed by atoms with Gasteiger partial charge in [-0.05, 0) is 19.3 Å². The Morgan fingerprint density at radius 1 is 1.27 bits per heavy atom. The molecule has 0 aromatic rings. The third-order valence-electron chi connectivity index (χ3n) is 2.31. The van der Waals surface area contributed by atoms with Crippen molar-refractivity contribution in [3.05, 3.63) is 12.3 Å². The Kier molecular flexibility index (Phi) is 4.66. The molecule has 1 aliphatic heterocycles. The first-order valence-electron chi connectivity index (χ1n) is 5.11. The third-order valence-corrected chi connectivity index (χ3v) is 2.31. The predicted molar refractivity (Wildman–Crippen MR) is 55.2 cm³/mol. The van der Waals surface area contributed by atoms with Gasteiger partial charge in [0, 0.05) is 25.4 Å². The number of carboxylic acids is 1. The van der Waals surface area contributed by atoms with Crippen LogP contribution < -0.4 is 5.32 Å². The van der Waals surface area contributed by atoms with Gasteiger partial charge >= 0.3 is 5.97 Å². The van der Waals surface area contributed by atoms with Crippen LogP contribution in [0.5, 0.6) is 0 Å². The Hall–Kier alpha value is -1.52. The Balaban J connectivity index is 2.20. The maximum atomic E-state index is 11.5. The second kappa shape index (κ2) is 6.06. The van der Waals surface area contributed by atoms with Crippen molar-refractivity contribution < 1.29 is 14.7 Å². The SMILES string of the molecule is O=C(O)/C=C/NCC(=O)N1CCCCC1. The van der Waals surface area contributed by atoms with E-state index < -0.39 is 5.97 Å². The Morgan fingerprint density at radius 3 is 2.53 bits per heavy atom. The second-order valence-electron chi connectivity index (χ2n) is 3.49. The van der Waals surface area contributed by atoms with E-state index in [1.165, 1.54) is 12.6 Å². The minimum atomic E-state index is -1.02. The lowest BCUT2D eigenvalue weighted by Gasteiger charge is -2.26. The molecule has 0 aromatic carbocycles. The average molecular weight is 212 g/mol. The van der Waals surface area contributed by atoms with Crippen molar-refractivity contribution in [2.75, 3.05) is 19.6 Å². The molecule has 5 heteroatoms. The van der Waals surface area contributed by atoms with E-state index >= 15 is 0 Å². The van der Waals surface area contributed by atoms with Gasteiger partial charge in [-0.1, -0.05) is 0 Å². The first kappa shape index (κ1) is 11.6. The lowest BCUT2D eigenvalue weighted by Crippen LogP contribution is -2.40. The number of carbonyl (C=O) groups is 2. The van der Waals surface area contributed by atoms with Crippen LogP contribution in [0.1, 0.15) is 19.3 Å². The fourth-order valence-electron chi connectivity index (χ4n) is 1.53. The molecule has 84 valence electrons. The molecule has 0 bridgehead atoms. The van der Waals surface area contributed by atoms with Gasteiger partial charge in [0.25, 0.3) is 0 Å². The van der Waals surface area contributed by atoms with Crippen LogP contribution in [0.15, 0.2) is 12.3 Å². The molecule has 1 aliphatic rings. The monoisotopic (exact) mass is 212 g/mol. The molecule has 0 radical (unpaired) electrons. The van der Waals surface area contributed by atoms with Gasteiger partial charge in [0.05, 0.1) is 6.54 Å². The molecule has 2 N–H and O–H groups in total. The summed E-state index contributed by atoms with van der Waals surface area (Å²) in [5, 5.41) is 11.0. The summed E-state index contributed by atoms with van der Waals surface area (Å²) in [4.78, 5) is 23.5. The molecular formula is C10H16N2O3. The number of carboxylic acid groups (broad SMARTS) is 1. The summed E-state index contributed by atoms with van der Waals surface area (Å²) >= 11 is 0. The highest BCUT2D eigenvalue weighted by Gasteiger charge is 2.14. The molecule has 1 heterocycles. The van der Waals surface area contributed by atoms with Gasteiger partial charge in [0.1, 0.15) is 0 Å². The average Bonchev–Trinajstić information content (AvgIpc) is 2.25. The Labute approximate surface area is 88.8 Å². The Bertz CT molecular complexity index is 257. The maximum absolute atomic E-state index is 11.5. The molecule has 1 amide bonds. The smallest absolute Gasteiger partial charge is 0.329 e. The summed E-state index contributed by atoms with van der Waals surface area (Å²) in [6, 6.07) is 0. The topological polar surface area (TPSA) is 69.6 Å². The first-order chi connectivity index (χ1) is 7.20. The number of nitrogens with zero attached hydrogens (tertiary/aromatic N) is 1. The quantitative estimate of drug-likeness (QED) is 0.652. The normalized spacial score (nSPS) is 16.7. The van der Waals surface area contributed by atoms with E-state index in [0.717, 1.165) is 32.0 Å². The highest BCUT2D eigenvalue weighted by atomic mass is 16.4. The number of carbonyl (C=O) groups excluding carboxylic acids is 1. The molecule has 0 aliphatic carbocycles. The Morgan fingerprint density at radius 2 is 1.93 bits per heavy atom. The number of rotatable bonds is 4. The highest BCUT2D eigenvalue weighted by molar-refractivity contribution is 5.80. The summed E-state index contributed by atoms with van der Waals surface area (Å²) < 4.78 is 0. The van der Waals surface area contributed by atoms with E-state index in [4.69, 9.17) is 5.11 Å². The highest BCUT2D eigenvalue weighted by Crippen LogP contribution is 2.07. The number of hydrogen-bond acceptors (Lipinski definition) is 3. The van der Waals surface area contributed by atoms with Gasteiger partial charge in [-0.15, -0.1) is 0 Å². The molecule has 1 fully saturated rings. The molecule has 0 aromatic heterocycles. The minimum absolute atomic E-state index is 0.0322. The standard InChI is InChI=1S/C10H16N2O3/c13-9(8-11-5-4-10(14)15)12-6-2-1-3-7-12/h4-5,11H,1-3,6-8H2,(H,14,15)/b5-4+. The predicted octanol–water partition coefficient (Wildman–Crippen LogP) is 0.187. The molecule has 1 saturated heterocycles. The molecule has 5 nitrogen and oxygen atoms in total. The van der Waals surface area contributed by atoms with Gasteiger partial charge in [0.15, 0.2) is 0 Å². The van der Waals surface area contributed by atoms with Gasteiger partial charge in [-0.2, -0.15) is 0 Å². The minimum Gasteiger partial charge on any atom is -0.478 e. The van der Waals surface area contributed by atoms with Gasteiger partial charge in [-0.25, -0.2) is 4.79 Å². The first-order valence-corrected chi connectivity index (χ1v) is 5.11. The zero-order valence-electron chi connectivity index (χ0n) is 8.61. The van der Waals surface area contributed by atoms with Crippen molar-refractivity contribution >= 4 is 11.9 Å². The molecule has 15 heavy (non-hydrogen) atoms. The van der Waals surface area contributed by atoms with Gasteiger partial charge in [0.2, 0.25) is 5.91 Å². The van der Waals surface area contributed by atoms with Gasteiger partial charge in [-0.3, -0.25) is 4.79 Å². The van der Waals surface area contributed by atoms with E-state index in [1.807, 2.05) is 4.90 Å². The maximum Gasteiger partial charge on any atom is 0.329 e. The van der Waals surface area contributed by atoms with Crippen molar-refractivity contribution in [1.29, 1.82) is 0 Å². The number of amides is 1. The summed E-state index contributed by atoms with van der Waals surface area (Å²) in [7, 11) is 0. The van der Waals surface area contributed by atoms with Crippen molar-refractivity contribution in [3.8, 4) is 0 Å². The largest absolute Gasteiger partial charge is 0.478 e. The van der Waals surface area contributed by atoms with Crippen molar-refractivity contribution in [2.45, 2.75) is 19.3 Å². The van der Waals surface area contributed by atoms with Crippen LogP contribution in [0.2, 0.25) is 0 Å². The van der Waals surface area contributed by atoms with E-state index in [1.54, 1.807) is 0 Å². The van der Waals surface area contributed by atoms with Crippen LogP contribution in [0.4, 0.5) is 0 Å². The molecular weight excluding hydrogens is 196 g/mol. The summed E-state index contributed by atoms with van der Waals surface area (Å²) in [6.07, 6.45) is 5.58. The van der Waals surface area contributed by atoms with Crippen LogP contribution in [-0.2, 0) is 9.59 Å². The zero-order valence-corrected chi connectivity index (χ0v) is 8.61. The van der Waals surface area contributed by atoms with Crippen LogP contribution in [-0.4, -0.2) is 41.5 Å². The molecule has 1 rings (SSSR count). The molecule has 0 spiro atoms. The van der Waals surface area contributed by atoms with E-state index in [0.29, 0.717) is 0 Å². The number of piperidine rings is 1. The zero-order chi connectivity index (χ0) is 11.1. The third kappa shape index (κ3) is 4.49. The number of hydrogen-bond donors (Lipinski definition) is 2. The van der Waals surface area contributed by atoms with Crippen molar-refractivity contribution in [1.82, 2.24) is 10.2 Å². The molecule has 0 saturated carbocycles. The van der Waals surface area contributed by atoms with E-state index in [-0.39, 0.29) is 12.5 Å². The fraction of sp³-hybridized carbons (Fsp3) is 0.600. The molecule has 0 unspecified atom stereocenters. The second-order valence-corrected chi connectivity index (χ2v) is 3.49. The number of likely N-dealkylation sites (tertiary alicyclic amines) is 1. The van der Waals surface area contributed by atoms with E-state index in [9.17, 15) is 9.59 Å². The number of aliphatic carboxylic acids is 1. The summed E-state index contributed by atoms with van der Waals surface area (Å²) in [5.74, 6) is -0.988. The van der Waals surface area contributed by atoms with Crippen LogP contribution in [0.25, 0.3) is 0 Å². The van der Waals surface area contributed by atoms with E-state index in [2.05, 4.69) is 5.32 Å². The lowest BCUT2D eigenvalue weighted by molar-refractivity contribution is -0.132. The van der Waals surface area contributed by atoms with Crippen molar-refractivity contribution in [2.24, 2.45) is 0 Å². The van der Waals surface area contributed by atoms with Crippen LogP contribution in [0, 0.1) is 0 Å².